The van der Waals surface area contributed by atoms with Gasteiger partial charge in [-0.05, 0) is 36.3 Å². The summed E-state index contributed by atoms with van der Waals surface area (Å²) in [5.41, 5.74) is 1.29. The standard InChI is InChI=1S/C14H23NO2S/c1-10(2)12(9-16)14(17)15(4)7-5-13-11(3)6-8-18-13/h6,8,10,12,16H,5,7,9H2,1-4H3. The first-order valence-electron chi connectivity index (χ1n) is 6.36. The number of aliphatic hydroxyl groups excluding tert-OH is 1. The summed E-state index contributed by atoms with van der Waals surface area (Å²) >= 11 is 1.74. The highest BCUT2D eigenvalue weighted by Crippen LogP contribution is 2.17. The van der Waals surface area contributed by atoms with E-state index < -0.39 is 0 Å². The van der Waals surface area contributed by atoms with E-state index in [4.69, 9.17) is 0 Å². The third-order valence-electron chi connectivity index (χ3n) is 3.34. The van der Waals surface area contributed by atoms with Gasteiger partial charge in [0.15, 0.2) is 0 Å². The molecule has 1 heterocycles. The number of thiophene rings is 1. The average molecular weight is 269 g/mol. The van der Waals surface area contributed by atoms with Crippen LogP contribution in [0.25, 0.3) is 0 Å². The first-order chi connectivity index (χ1) is 8.47. The van der Waals surface area contributed by atoms with E-state index in [-0.39, 0.29) is 24.3 Å². The van der Waals surface area contributed by atoms with Gasteiger partial charge >= 0.3 is 0 Å². The largest absolute Gasteiger partial charge is 0.396 e. The topological polar surface area (TPSA) is 40.5 Å². The summed E-state index contributed by atoms with van der Waals surface area (Å²) in [5, 5.41) is 11.3. The van der Waals surface area contributed by atoms with E-state index in [1.165, 1.54) is 10.4 Å². The van der Waals surface area contributed by atoms with Crippen molar-refractivity contribution in [3.8, 4) is 0 Å². The molecule has 0 saturated heterocycles. The zero-order chi connectivity index (χ0) is 13.7. The molecule has 18 heavy (non-hydrogen) atoms. The molecule has 0 fully saturated rings. The molecule has 1 unspecified atom stereocenters. The average Bonchev–Trinajstić information content (AvgIpc) is 2.72. The van der Waals surface area contributed by atoms with Crippen molar-refractivity contribution >= 4 is 17.2 Å². The van der Waals surface area contributed by atoms with E-state index >= 15 is 0 Å². The number of rotatable bonds is 6. The summed E-state index contributed by atoms with van der Waals surface area (Å²) < 4.78 is 0. The molecular weight excluding hydrogens is 246 g/mol. The molecule has 1 rings (SSSR count). The van der Waals surface area contributed by atoms with Gasteiger partial charge in [-0.3, -0.25) is 4.79 Å². The van der Waals surface area contributed by atoms with E-state index in [2.05, 4.69) is 18.4 Å². The summed E-state index contributed by atoms with van der Waals surface area (Å²) in [6, 6.07) is 2.10. The van der Waals surface area contributed by atoms with Gasteiger partial charge in [0.25, 0.3) is 0 Å². The molecule has 1 atom stereocenters. The molecule has 1 amide bonds. The van der Waals surface area contributed by atoms with Crippen LogP contribution >= 0.6 is 11.3 Å². The van der Waals surface area contributed by atoms with Crippen molar-refractivity contribution in [1.82, 2.24) is 4.90 Å². The van der Waals surface area contributed by atoms with Gasteiger partial charge in [0.2, 0.25) is 5.91 Å². The molecule has 102 valence electrons. The SMILES string of the molecule is Cc1ccsc1CCN(C)C(=O)C(CO)C(C)C. The van der Waals surface area contributed by atoms with Crippen LogP contribution in [0.5, 0.6) is 0 Å². The van der Waals surface area contributed by atoms with Gasteiger partial charge in [-0.25, -0.2) is 0 Å². The van der Waals surface area contributed by atoms with E-state index in [1.54, 1.807) is 16.2 Å². The van der Waals surface area contributed by atoms with E-state index in [0.717, 1.165) is 6.42 Å². The van der Waals surface area contributed by atoms with Crippen molar-refractivity contribution in [2.75, 3.05) is 20.2 Å². The Labute approximate surface area is 113 Å². The van der Waals surface area contributed by atoms with Gasteiger partial charge in [-0.2, -0.15) is 0 Å². The molecule has 1 N–H and O–H groups in total. The molecule has 1 aromatic heterocycles. The smallest absolute Gasteiger partial charge is 0.228 e. The molecule has 4 heteroatoms. The van der Waals surface area contributed by atoms with E-state index in [1.807, 2.05) is 20.9 Å². The minimum absolute atomic E-state index is 0.0432. The molecule has 0 aromatic carbocycles. The van der Waals surface area contributed by atoms with Crippen molar-refractivity contribution in [3.63, 3.8) is 0 Å². The van der Waals surface area contributed by atoms with Crippen LogP contribution < -0.4 is 0 Å². The van der Waals surface area contributed by atoms with Crippen LogP contribution in [0, 0.1) is 18.8 Å². The lowest BCUT2D eigenvalue weighted by Crippen LogP contribution is -2.38. The Hall–Kier alpha value is -0.870. The van der Waals surface area contributed by atoms with Gasteiger partial charge in [-0.1, -0.05) is 13.8 Å². The minimum Gasteiger partial charge on any atom is -0.396 e. The van der Waals surface area contributed by atoms with Crippen LogP contribution in [0.2, 0.25) is 0 Å². The van der Waals surface area contributed by atoms with E-state index in [9.17, 15) is 9.90 Å². The molecular formula is C14H23NO2S. The van der Waals surface area contributed by atoms with E-state index in [0.29, 0.717) is 6.54 Å². The number of likely N-dealkylation sites (N-methyl/N-ethyl adjacent to an activating group) is 1. The molecule has 0 radical (unpaired) electrons. The highest BCUT2D eigenvalue weighted by Gasteiger charge is 2.24. The van der Waals surface area contributed by atoms with Crippen LogP contribution in [0.15, 0.2) is 11.4 Å². The minimum atomic E-state index is -0.278. The Morgan fingerprint density at radius 1 is 1.50 bits per heavy atom. The fourth-order valence-corrected chi connectivity index (χ4v) is 2.80. The summed E-state index contributed by atoms with van der Waals surface area (Å²) in [6.07, 6.45) is 0.891. The highest BCUT2D eigenvalue weighted by atomic mass is 32.1. The number of aliphatic hydroxyl groups is 1. The molecule has 0 bridgehead atoms. The maximum atomic E-state index is 12.1. The second kappa shape index (κ2) is 6.90. The molecule has 0 aliphatic carbocycles. The van der Waals surface area contributed by atoms with Crippen molar-refractivity contribution < 1.29 is 9.90 Å². The number of aryl methyl sites for hydroxylation is 1. The third kappa shape index (κ3) is 3.82. The maximum absolute atomic E-state index is 12.1. The van der Waals surface area contributed by atoms with Crippen molar-refractivity contribution in [3.05, 3.63) is 21.9 Å². The van der Waals surface area contributed by atoms with Crippen LogP contribution in [0.1, 0.15) is 24.3 Å². The predicted octanol–water partition coefficient (Wildman–Crippen LogP) is 2.32. The highest BCUT2D eigenvalue weighted by molar-refractivity contribution is 7.10. The fourth-order valence-electron chi connectivity index (χ4n) is 1.90. The van der Waals surface area contributed by atoms with Crippen LogP contribution in [0.3, 0.4) is 0 Å². The van der Waals surface area contributed by atoms with Crippen molar-refractivity contribution in [2.24, 2.45) is 11.8 Å². The molecule has 0 saturated carbocycles. The molecule has 3 nitrogen and oxygen atoms in total. The second-order valence-corrected chi connectivity index (χ2v) is 6.07. The quantitative estimate of drug-likeness (QED) is 0.861. The van der Waals surface area contributed by atoms with Crippen LogP contribution in [0.4, 0.5) is 0 Å². The third-order valence-corrected chi connectivity index (χ3v) is 4.42. The lowest BCUT2D eigenvalue weighted by molar-refractivity contribution is -0.137. The number of hydrogen-bond acceptors (Lipinski definition) is 3. The first kappa shape index (κ1) is 15.2. The Morgan fingerprint density at radius 3 is 2.61 bits per heavy atom. The molecule has 0 aliphatic heterocycles. The zero-order valence-corrected chi connectivity index (χ0v) is 12.5. The van der Waals surface area contributed by atoms with Crippen LogP contribution in [-0.4, -0.2) is 36.1 Å². The molecule has 0 spiro atoms. The summed E-state index contributed by atoms with van der Waals surface area (Å²) in [7, 11) is 1.82. The summed E-state index contributed by atoms with van der Waals surface area (Å²) in [5.74, 6) is -0.0606. The number of amides is 1. The Morgan fingerprint density at radius 2 is 2.17 bits per heavy atom. The van der Waals surface area contributed by atoms with Gasteiger partial charge in [-0.15, -0.1) is 11.3 Å². The maximum Gasteiger partial charge on any atom is 0.228 e. The lowest BCUT2D eigenvalue weighted by atomic mass is 9.95. The van der Waals surface area contributed by atoms with Crippen LogP contribution in [-0.2, 0) is 11.2 Å². The summed E-state index contributed by atoms with van der Waals surface area (Å²) in [4.78, 5) is 15.2. The number of nitrogens with zero attached hydrogens (tertiary/aromatic N) is 1. The summed E-state index contributed by atoms with van der Waals surface area (Å²) in [6.45, 7) is 6.67. The molecule has 1 aromatic rings. The first-order valence-corrected chi connectivity index (χ1v) is 7.24. The molecule has 0 aliphatic rings. The number of hydrogen-bond donors (Lipinski definition) is 1. The normalized spacial score (nSPS) is 12.8. The van der Waals surface area contributed by atoms with Gasteiger partial charge < -0.3 is 10.0 Å². The lowest BCUT2D eigenvalue weighted by Gasteiger charge is -2.24. The number of carbonyl (C=O) groups is 1. The Kier molecular flexibility index (Phi) is 5.82. The second-order valence-electron chi connectivity index (χ2n) is 5.07. The van der Waals surface area contributed by atoms with Gasteiger partial charge in [0.1, 0.15) is 0 Å². The van der Waals surface area contributed by atoms with Gasteiger partial charge in [0.05, 0.1) is 12.5 Å². The Balaban J connectivity index is 2.52. The predicted molar refractivity (Wildman–Crippen MR) is 75.8 cm³/mol. The van der Waals surface area contributed by atoms with Crippen molar-refractivity contribution in [2.45, 2.75) is 27.2 Å². The monoisotopic (exact) mass is 269 g/mol. The Bertz CT molecular complexity index is 387. The number of carbonyl (C=O) groups excluding carboxylic acids is 1. The van der Waals surface area contributed by atoms with Crippen molar-refractivity contribution in [1.29, 1.82) is 0 Å². The zero-order valence-electron chi connectivity index (χ0n) is 11.6. The fraction of sp³-hybridized carbons (Fsp3) is 0.643. The van der Waals surface area contributed by atoms with Gasteiger partial charge in [0, 0.05) is 18.5 Å².